The standard InChI is InChI=1S/C8H10N4O3S/c1-4-10-11-7(16-4)9-8(15)12-2-5(3-12)6(13)14/h5H,2-3H2,1H3,(H,13,14)(H,9,11,15). The molecule has 16 heavy (non-hydrogen) atoms. The summed E-state index contributed by atoms with van der Waals surface area (Å²) in [4.78, 5) is 23.5. The number of nitrogens with zero attached hydrogens (tertiary/aromatic N) is 3. The largest absolute Gasteiger partial charge is 0.481 e. The predicted octanol–water partition coefficient (Wildman–Crippen LogP) is 0.395. The number of nitrogens with one attached hydrogen (secondary N) is 1. The zero-order chi connectivity index (χ0) is 11.7. The van der Waals surface area contributed by atoms with E-state index in [1.807, 2.05) is 0 Å². The highest BCUT2D eigenvalue weighted by molar-refractivity contribution is 7.15. The van der Waals surface area contributed by atoms with Crippen LogP contribution in [-0.4, -0.2) is 45.3 Å². The molecule has 0 unspecified atom stereocenters. The van der Waals surface area contributed by atoms with Gasteiger partial charge in [0.1, 0.15) is 5.01 Å². The molecule has 1 aromatic heterocycles. The number of amides is 2. The molecule has 2 N–H and O–H groups in total. The van der Waals surface area contributed by atoms with Crippen molar-refractivity contribution in [2.45, 2.75) is 6.92 Å². The number of rotatable bonds is 2. The highest BCUT2D eigenvalue weighted by Crippen LogP contribution is 2.19. The molecule has 0 radical (unpaired) electrons. The molecule has 0 bridgehead atoms. The lowest BCUT2D eigenvalue weighted by Gasteiger charge is -2.36. The molecule has 2 rings (SSSR count). The van der Waals surface area contributed by atoms with Crippen LogP contribution in [0.3, 0.4) is 0 Å². The molecule has 1 aromatic rings. The second kappa shape index (κ2) is 4.05. The van der Waals surface area contributed by atoms with Crippen LogP contribution in [-0.2, 0) is 4.79 Å². The third-order valence-corrected chi connectivity index (χ3v) is 3.01. The first-order valence-corrected chi connectivity index (χ1v) is 5.47. The van der Waals surface area contributed by atoms with E-state index in [4.69, 9.17) is 5.11 Å². The SMILES string of the molecule is Cc1nnc(NC(=O)N2CC(C(=O)O)C2)s1. The number of carboxylic acid groups (broad SMARTS) is 1. The highest BCUT2D eigenvalue weighted by atomic mass is 32.1. The Kier molecular flexibility index (Phi) is 2.73. The minimum atomic E-state index is -0.865. The first kappa shape index (κ1) is 10.8. The van der Waals surface area contributed by atoms with Crippen molar-refractivity contribution in [2.24, 2.45) is 5.92 Å². The van der Waals surface area contributed by atoms with Crippen molar-refractivity contribution in [2.75, 3.05) is 18.4 Å². The fourth-order valence-electron chi connectivity index (χ4n) is 1.32. The highest BCUT2D eigenvalue weighted by Gasteiger charge is 2.35. The van der Waals surface area contributed by atoms with E-state index in [2.05, 4.69) is 15.5 Å². The Morgan fingerprint density at radius 3 is 2.69 bits per heavy atom. The number of aryl methyl sites for hydroxylation is 1. The van der Waals surface area contributed by atoms with Crippen molar-refractivity contribution in [3.8, 4) is 0 Å². The summed E-state index contributed by atoms with van der Waals surface area (Å²) in [5.41, 5.74) is 0. The lowest BCUT2D eigenvalue weighted by Crippen LogP contribution is -2.54. The third-order valence-electron chi connectivity index (χ3n) is 2.26. The van der Waals surface area contributed by atoms with Gasteiger partial charge < -0.3 is 10.0 Å². The summed E-state index contributed by atoms with van der Waals surface area (Å²) in [6.07, 6.45) is 0. The zero-order valence-corrected chi connectivity index (χ0v) is 9.32. The van der Waals surface area contributed by atoms with Gasteiger partial charge in [0.05, 0.1) is 5.92 Å². The van der Waals surface area contributed by atoms with E-state index < -0.39 is 11.9 Å². The van der Waals surface area contributed by atoms with Crippen molar-refractivity contribution < 1.29 is 14.7 Å². The van der Waals surface area contributed by atoms with E-state index in [1.165, 1.54) is 16.2 Å². The van der Waals surface area contributed by atoms with E-state index in [9.17, 15) is 9.59 Å². The number of urea groups is 1. The maximum absolute atomic E-state index is 11.5. The normalized spacial score (nSPS) is 15.7. The minimum Gasteiger partial charge on any atom is -0.481 e. The third kappa shape index (κ3) is 2.11. The maximum Gasteiger partial charge on any atom is 0.323 e. The van der Waals surface area contributed by atoms with E-state index in [0.29, 0.717) is 5.13 Å². The minimum absolute atomic E-state index is 0.249. The molecule has 1 aliphatic heterocycles. The Morgan fingerprint density at radius 2 is 2.19 bits per heavy atom. The van der Waals surface area contributed by atoms with Crippen LogP contribution in [0.5, 0.6) is 0 Å². The summed E-state index contributed by atoms with van der Waals surface area (Å²) in [6, 6.07) is -0.325. The van der Waals surface area contributed by atoms with Crippen LogP contribution in [0.25, 0.3) is 0 Å². The molecule has 1 fully saturated rings. The molecule has 2 amide bonds. The zero-order valence-electron chi connectivity index (χ0n) is 8.51. The average molecular weight is 242 g/mol. The summed E-state index contributed by atoms with van der Waals surface area (Å²) in [5, 5.41) is 19.9. The summed E-state index contributed by atoms with van der Waals surface area (Å²) >= 11 is 1.28. The predicted molar refractivity (Wildman–Crippen MR) is 56.4 cm³/mol. The van der Waals surface area contributed by atoms with Gasteiger partial charge in [0.15, 0.2) is 0 Å². The molecule has 0 atom stereocenters. The van der Waals surface area contributed by atoms with Gasteiger partial charge in [-0.2, -0.15) is 0 Å². The first-order chi connectivity index (χ1) is 7.56. The molecule has 1 saturated heterocycles. The lowest BCUT2D eigenvalue weighted by atomic mass is 10.0. The number of carboxylic acids is 1. The van der Waals surface area contributed by atoms with Crippen LogP contribution in [0.4, 0.5) is 9.93 Å². The van der Waals surface area contributed by atoms with Gasteiger partial charge in [-0.15, -0.1) is 10.2 Å². The molecule has 1 aliphatic rings. The monoisotopic (exact) mass is 242 g/mol. The van der Waals surface area contributed by atoms with Crippen LogP contribution in [0.1, 0.15) is 5.01 Å². The number of anilines is 1. The number of likely N-dealkylation sites (tertiary alicyclic amines) is 1. The first-order valence-electron chi connectivity index (χ1n) is 4.65. The van der Waals surface area contributed by atoms with E-state index in [-0.39, 0.29) is 19.1 Å². The Balaban J connectivity index is 1.84. The molecule has 0 aliphatic carbocycles. The summed E-state index contributed by atoms with van der Waals surface area (Å²) in [7, 11) is 0. The van der Waals surface area contributed by atoms with Crippen molar-refractivity contribution in [3.05, 3.63) is 5.01 Å². The van der Waals surface area contributed by atoms with Gasteiger partial charge in [0.2, 0.25) is 5.13 Å². The molecule has 86 valence electrons. The molecule has 0 spiro atoms. The number of carbonyl (C=O) groups is 2. The quantitative estimate of drug-likeness (QED) is 0.782. The van der Waals surface area contributed by atoms with Gasteiger partial charge in [-0.25, -0.2) is 4.79 Å². The summed E-state index contributed by atoms with van der Waals surface area (Å²) < 4.78 is 0. The second-order valence-corrected chi connectivity index (χ2v) is 4.68. The van der Waals surface area contributed by atoms with E-state index in [0.717, 1.165) is 5.01 Å². The van der Waals surface area contributed by atoms with Crippen molar-refractivity contribution in [1.29, 1.82) is 0 Å². The molecule has 0 aromatic carbocycles. The molecule has 7 nitrogen and oxygen atoms in total. The summed E-state index contributed by atoms with van der Waals surface area (Å²) in [5.74, 6) is -1.31. The Morgan fingerprint density at radius 1 is 1.50 bits per heavy atom. The smallest absolute Gasteiger partial charge is 0.323 e. The van der Waals surface area contributed by atoms with Crippen LogP contribution < -0.4 is 5.32 Å². The molecule has 2 heterocycles. The second-order valence-electron chi connectivity index (χ2n) is 3.50. The fraction of sp³-hybridized carbons (Fsp3) is 0.500. The maximum atomic E-state index is 11.5. The Bertz CT molecular complexity index is 427. The Labute approximate surface area is 95.1 Å². The molecular formula is C8H10N4O3S. The van der Waals surface area contributed by atoms with Gasteiger partial charge in [0, 0.05) is 13.1 Å². The van der Waals surface area contributed by atoms with E-state index >= 15 is 0 Å². The van der Waals surface area contributed by atoms with Crippen molar-refractivity contribution >= 4 is 28.5 Å². The van der Waals surface area contributed by atoms with Crippen LogP contribution in [0, 0.1) is 12.8 Å². The number of aromatic nitrogens is 2. The van der Waals surface area contributed by atoms with Crippen molar-refractivity contribution in [1.82, 2.24) is 15.1 Å². The molecular weight excluding hydrogens is 232 g/mol. The van der Waals surface area contributed by atoms with Crippen LogP contribution in [0.15, 0.2) is 0 Å². The lowest BCUT2D eigenvalue weighted by molar-refractivity contribution is -0.145. The number of carbonyl (C=O) groups excluding carboxylic acids is 1. The number of aliphatic carboxylic acids is 1. The Hall–Kier alpha value is -1.70. The molecule has 8 heteroatoms. The van der Waals surface area contributed by atoms with Crippen LogP contribution in [0.2, 0.25) is 0 Å². The van der Waals surface area contributed by atoms with Gasteiger partial charge in [-0.3, -0.25) is 10.1 Å². The molecule has 0 saturated carbocycles. The van der Waals surface area contributed by atoms with Gasteiger partial charge >= 0.3 is 12.0 Å². The number of hydrogen-bond donors (Lipinski definition) is 2. The average Bonchev–Trinajstić information content (AvgIpc) is 2.47. The fourth-order valence-corrected chi connectivity index (χ4v) is 1.90. The number of hydrogen-bond acceptors (Lipinski definition) is 5. The van der Waals surface area contributed by atoms with Gasteiger partial charge in [-0.05, 0) is 6.92 Å². The van der Waals surface area contributed by atoms with Crippen molar-refractivity contribution in [3.63, 3.8) is 0 Å². The van der Waals surface area contributed by atoms with Gasteiger partial charge in [0.25, 0.3) is 0 Å². The summed E-state index contributed by atoms with van der Waals surface area (Å²) in [6.45, 7) is 2.29. The topological polar surface area (TPSA) is 95.4 Å². The van der Waals surface area contributed by atoms with E-state index in [1.54, 1.807) is 6.92 Å². The van der Waals surface area contributed by atoms with Gasteiger partial charge in [-0.1, -0.05) is 11.3 Å². The van der Waals surface area contributed by atoms with Crippen LogP contribution >= 0.6 is 11.3 Å².